The van der Waals surface area contributed by atoms with E-state index in [-0.39, 0.29) is 0 Å². The van der Waals surface area contributed by atoms with Crippen molar-refractivity contribution in [1.82, 2.24) is 5.01 Å². The lowest BCUT2D eigenvalue weighted by atomic mass is 10.4. The smallest absolute Gasteiger partial charge is 0.0152 e. The third-order valence-corrected chi connectivity index (χ3v) is 1.14. The number of rotatable bonds is 0. The molecule has 0 aromatic heterocycles. The Hall–Kier alpha value is -0.0100. The molecule has 4 N–H and O–H groups in total. The van der Waals surface area contributed by atoms with Crippen LogP contribution in [0.1, 0.15) is 12.8 Å². The van der Waals surface area contributed by atoms with Gasteiger partial charge in [0, 0.05) is 24.4 Å². The van der Waals surface area contributed by atoms with E-state index in [2.05, 4.69) is 5.14 Å². The quantitative estimate of drug-likeness (QED) is 0.345. The molecule has 0 amide bonds. The Morgan fingerprint density at radius 2 is 1.70 bits per heavy atom. The number of hydrogen-bond acceptors (Lipinski definition) is 4. The Morgan fingerprint density at radius 1 is 1.40 bits per heavy atom. The van der Waals surface area contributed by atoms with Gasteiger partial charge >= 0.3 is 0 Å². The van der Waals surface area contributed by atoms with E-state index >= 15 is 0 Å². The minimum atomic E-state index is -2.36. The second kappa shape index (κ2) is 5.75. The van der Waals surface area contributed by atoms with E-state index in [0.29, 0.717) is 0 Å². The molecule has 0 radical (unpaired) electrons. The Morgan fingerprint density at radius 3 is 1.80 bits per heavy atom. The molecule has 0 saturated carbocycles. The molecule has 10 heavy (non-hydrogen) atoms. The van der Waals surface area contributed by atoms with Crippen LogP contribution < -0.4 is 11.0 Å². The van der Waals surface area contributed by atoms with Crippen LogP contribution in [-0.2, 0) is 11.3 Å². The van der Waals surface area contributed by atoms with Crippen molar-refractivity contribution in [3.63, 3.8) is 0 Å². The van der Waals surface area contributed by atoms with Crippen LogP contribution in [0.5, 0.6) is 0 Å². The monoisotopic (exact) mass is 166 g/mol. The Balaban J connectivity index is 0.000000180. The van der Waals surface area contributed by atoms with Crippen molar-refractivity contribution in [3.05, 3.63) is 0 Å². The topological polar surface area (TPSA) is 95.4 Å². The van der Waals surface area contributed by atoms with E-state index in [4.69, 9.17) is 14.6 Å². The maximum Gasteiger partial charge on any atom is 0.0152 e. The maximum absolute atomic E-state index is 8.78. The molecule has 1 fully saturated rings. The van der Waals surface area contributed by atoms with Gasteiger partial charge in [0.2, 0.25) is 0 Å². The molecule has 0 aromatic carbocycles. The summed E-state index contributed by atoms with van der Waals surface area (Å²) in [5.41, 5.74) is 0. The molecule has 1 aliphatic rings. The maximum atomic E-state index is 8.78. The van der Waals surface area contributed by atoms with Crippen LogP contribution in [0.2, 0.25) is 0 Å². The van der Waals surface area contributed by atoms with Crippen LogP contribution in [-0.4, -0.2) is 26.9 Å². The summed E-state index contributed by atoms with van der Waals surface area (Å²) in [5, 5.41) is 5.89. The summed E-state index contributed by atoms with van der Waals surface area (Å²) < 4.78 is 17.6. The zero-order valence-electron chi connectivity index (χ0n) is 5.66. The average molecular weight is 166 g/mol. The van der Waals surface area contributed by atoms with Crippen molar-refractivity contribution in [1.29, 1.82) is 0 Å². The Kier molecular flexibility index (Phi) is 5.74. The third kappa shape index (κ3) is 7.99. The fourth-order valence-corrected chi connectivity index (χ4v) is 0.742. The van der Waals surface area contributed by atoms with Gasteiger partial charge in [-0.1, -0.05) is 0 Å². The van der Waals surface area contributed by atoms with Crippen LogP contribution in [0.4, 0.5) is 0 Å². The van der Waals surface area contributed by atoms with Gasteiger partial charge in [-0.2, -0.15) is 0 Å². The zero-order chi connectivity index (χ0) is 7.98. The van der Waals surface area contributed by atoms with Crippen molar-refractivity contribution in [2.24, 2.45) is 11.0 Å². The summed E-state index contributed by atoms with van der Waals surface area (Å²) in [5.74, 6) is 5.37. The van der Waals surface area contributed by atoms with Crippen molar-refractivity contribution in [2.75, 3.05) is 13.1 Å². The average Bonchev–Trinajstić information content (AvgIpc) is 2.15. The number of nitrogens with zero attached hydrogens (tertiary/aromatic N) is 1. The third-order valence-electron chi connectivity index (χ3n) is 1.14. The Bertz CT molecular complexity index is 101. The number of hydrogen-bond donors (Lipinski definition) is 2. The molecule has 5 nitrogen and oxygen atoms in total. The summed E-state index contributed by atoms with van der Waals surface area (Å²) in [4.78, 5) is 0. The highest BCUT2D eigenvalue weighted by Crippen LogP contribution is 1.99. The van der Waals surface area contributed by atoms with Crippen LogP contribution in [0.3, 0.4) is 0 Å². The van der Waals surface area contributed by atoms with Crippen molar-refractivity contribution >= 4 is 11.3 Å². The lowest BCUT2D eigenvalue weighted by molar-refractivity contribution is 0.355. The molecule has 62 valence electrons. The molecule has 0 aliphatic carbocycles. The predicted molar refractivity (Wildman–Crippen MR) is 38.1 cm³/mol. The summed E-state index contributed by atoms with van der Waals surface area (Å²) in [7, 11) is 0. The highest BCUT2D eigenvalue weighted by atomic mass is 32.2. The molecule has 1 rings (SSSR count). The molecule has 6 heteroatoms. The second-order valence-corrected chi connectivity index (χ2v) is 2.52. The van der Waals surface area contributed by atoms with Crippen molar-refractivity contribution in [2.45, 2.75) is 12.8 Å². The summed E-state index contributed by atoms with van der Waals surface area (Å²) >= 11 is -2.36. The van der Waals surface area contributed by atoms with Crippen molar-refractivity contribution < 1.29 is 8.76 Å². The number of nitrogens with two attached hydrogens (primary N) is 2. The van der Waals surface area contributed by atoms with E-state index in [1.54, 1.807) is 0 Å². The van der Waals surface area contributed by atoms with Gasteiger partial charge in [0.15, 0.2) is 0 Å². The molecule has 0 spiro atoms. The highest BCUT2D eigenvalue weighted by Gasteiger charge is 2.03. The van der Waals surface area contributed by atoms with Gasteiger partial charge in [0.1, 0.15) is 0 Å². The minimum Gasteiger partial charge on any atom is -0.760 e. The van der Waals surface area contributed by atoms with E-state index in [1.807, 2.05) is 5.01 Å². The molecule has 1 aliphatic heterocycles. The van der Waals surface area contributed by atoms with Crippen LogP contribution in [0.15, 0.2) is 0 Å². The molecule has 1 atom stereocenters. The van der Waals surface area contributed by atoms with Gasteiger partial charge in [0.25, 0.3) is 0 Å². The van der Waals surface area contributed by atoms with Gasteiger partial charge < -0.3 is 4.55 Å². The molecule has 0 aromatic rings. The molecular formula is C4H12N3O2S-. The fourth-order valence-electron chi connectivity index (χ4n) is 0.742. The van der Waals surface area contributed by atoms with E-state index < -0.39 is 11.3 Å². The molecule has 1 saturated heterocycles. The van der Waals surface area contributed by atoms with Crippen LogP contribution in [0, 0.1) is 0 Å². The first kappa shape index (κ1) is 9.99. The zero-order valence-corrected chi connectivity index (χ0v) is 6.47. The molecular weight excluding hydrogens is 154 g/mol. The molecule has 1 heterocycles. The summed E-state index contributed by atoms with van der Waals surface area (Å²) in [6, 6.07) is 0. The summed E-state index contributed by atoms with van der Waals surface area (Å²) in [6.45, 7) is 2.19. The lowest BCUT2D eigenvalue weighted by Gasteiger charge is -2.01. The van der Waals surface area contributed by atoms with E-state index in [1.165, 1.54) is 12.8 Å². The van der Waals surface area contributed by atoms with E-state index in [0.717, 1.165) is 13.1 Å². The second-order valence-electron chi connectivity index (χ2n) is 2.00. The van der Waals surface area contributed by atoms with Gasteiger partial charge in [0.05, 0.1) is 0 Å². The normalized spacial score (nSPS) is 21.5. The van der Waals surface area contributed by atoms with Gasteiger partial charge in [-0.25, -0.2) is 5.01 Å². The highest BCUT2D eigenvalue weighted by molar-refractivity contribution is 7.76. The van der Waals surface area contributed by atoms with Gasteiger partial charge in [-0.3, -0.25) is 15.2 Å². The standard InChI is InChI=1S/C4H10N2.H3NO2S/c5-6-3-1-2-4-6;1-4(2)3/h1-5H2;1H2,(H,2,3)/p-1. The first-order chi connectivity index (χ1) is 4.63. The fraction of sp³-hybridized carbons (Fsp3) is 1.00. The van der Waals surface area contributed by atoms with E-state index in [9.17, 15) is 0 Å². The largest absolute Gasteiger partial charge is 0.760 e. The SMILES string of the molecule is NN1CCCC1.NS(=O)[O-]. The van der Waals surface area contributed by atoms with Crippen LogP contribution >= 0.6 is 0 Å². The molecule has 1 unspecified atom stereocenters. The predicted octanol–water partition coefficient (Wildman–Crippen LogP) is -1.30. The van der Waals surface area contributed by atoms with Crippen molar-refractivity contribution in [3.8, 4) is 0 Å². The van der Waals surface area contributed by atoms with Gasteiger partial charge in [-0.05, 0) is 12.8 Å². The van der Waals surface area contributed by atoms with Crippen LogP contribution in [0.25, 0.3) is 0 Å². The van der Waals surface area contributed by atoms with Gasteiger partial charge in [-0.15, -0.1) is 0 Å². The first-order valence-electron chi connectivity index (χ1n) is 2.96. The number of hydrazine groups is 1. The summed E-state index contributed by atoms with van der Waals surface area (Å²) in [6.07, 6.45) is 2.58. The lowest BCUT2D eigenvalue weighted by Crippen LogP contribution is -2.26. The molecule has 0 bridgehead atoms. The minimum absolute atomic E-state index is 1.10. The Labute approximate surface area is 62.8 Å². The first-order valence-corrected chi connectivity index (χ1v) is 4.10.